The van der Waals surface area contributed by atoms with Crippen molar-refractivity contribution in [2.45, 2.75) is 78.1 Å². The molecule has 0 unspecified atom stereocenters. The van der Waals surface area contributed by atoms with Gasteiger partial charge in [-0.3, -0.25) is 0 Å². The molecule has 6 aromatic rings. The van der Waals surface area contributed by atoms with Gasteiger partial charge in [-0.1, -0.05) is 125 Å². The number of hydrogen-bond donors (Lipinski definition) is 2. The molecule has 5 aromatic carbocycles. The largest absolute Gasteiger partial charge is 0.507 e. The molecule has 6 rings (SSSR count). The van der Waals surface area contributed by atoms with E-state index in [0.29, 0.717) is 24.8 Å². The number of nitrogens with zero attached hydrogens (tertiary/aromatic N) is 3. The zero-order chi connectivity index (χ0) is 33.3. The van der Waals surface area contributed by atoms with Gasteiger partial charge in [-0.2, -0.15) is 9.97 Å². The lowest BCUT2D eigenvalue weighted by Crippen LogP contribution is -2.04. The highest BCUT2D eigenvalue weighted by atomic mass is 16.5. The van der Waals surface area contributed by atoms with Crippen LogP contribution in [0.15, 0.2) is 78.9 Å². The molecule has 7 nitrogen and oxygen atoms in total. The first-order chi connectivity index (χ1) is 23.6. The van der Waals surface area contributed by atoms with Crippen LogP contribution < -0.4 is 9.47 Å². The van der Waals surface area contributed by atoms with Crippen LogP contribution in [0.4, 0.5) is 0 Å². The van der Waals surface area contributed by atoms with Gasteiger partial charge in [-0.05, 0) is 51.7 Å². The SMILES string of the molecule is CCCCCCCCCCCCOc1cc(O)c(-c2nc(OCC)nc(-c3cc4c5ccccc5ccc4c4ccccc34)n2)c(O)c1. The molecule has 7 heteroatoms. The fraction of sp³-hybridized carbons (Fsp3) is 0.341. The average molecular weight is 644 g/mol. The van der Waals surface area contributed by atoms with Crippen molar-refractivity contribution in [1.82, 2.24) is 15.0 Å². The minimum absolute atomic E-state index is 0.0986. The highest BCUT2D eigenvalue weighted by Crippen LogP contribution is 2.41. The van der Waals surface area contributed by atoms with Crippen LogP contribution >= 0.6 is 0 Å². The number of phenols is 2. The van der Waals surface area contributed by atoms with Crippen LogP contribution in [-0.4, -0.2) is 38.4 Å². The summed E-state index contributed by atoms with van der Waals surface area (Å²) in [5, 5.41) is 28.8. The molecule has 1 heterocycles. The smallest absolute Gasteiger partial charge is 0.320 e. The van der Waals surface area contributed by atoms with Gasteiger partial charge < -0.3 is 19.7 Å². The molecule has 0 radical (unpaired) electrons. The minimum atomic E-state index is -0.179. The van der Waals surface area contributed by atoms with Gasteiger partial charge in [0.25, 0.3) is 0 Å². The summed E-state index contributed by atoms with van der Waals surface area (Å²) in [5.74, 6) is 0.539. The molecular formula is C41H45N3O4. The Bertz CT molecular complexity index is 1990. The summed E-state index contributed by atoms with van der Waals surface area (Å²) >= 11 is 0. The summed E-state index contributed by atoms with van der Waals surface area (Å²) in [5.41, 5.74) is 0.899. The topological polar surface area (TPSA) is 97.6 Å². The van der Waals surface area contributed by atoms with Gasteiger partial charge in [0.1, 0.15) is 22.8 Å². The molecular weight excluding hydrogens is 598 g/mol. The van der Waals surface area contributed by atoms with Crippen molar-refractivity contribution in [3.05, 3.63) is 78.9 Å². The van der Waals surface area contributed by atoms with Crippen LogP contribution in [0.3, 0.4) is 0 Å². The molecule has 0 atom stereocenters. The Labute approximate surface area is 282 Å². The second-order valence-corrected chi connectivity index (χ2v) is 12.4. The Kier molecular flexibility index (Phi) is 10.9. The zero-order valence-electron chi connectivity index (χ0n) is 28.0. The maximum absolute atomic E-state index is 11.1. The molecule has 0 bridgehead atoms. The lowest BCUT2D eigenvalue weighted by atomic mass is 9.93. The third-order valence-electron chi connectivity index (χ3n) is 8.96. The maximum Gasteiger partial charge on any atom is 0.320 e. The summed E-state index contributed by atoms with van der Waals surface area (Å²) in [6.45, 7) is 4.97. The van der Waals surface area contributed by atoms with E-state index in [9.17, 15) is 10.2 Å². The number of unbranched alkanes of at least 4 members (excludes halogenated alkanes) is 9. The molecule has 0 saturated carbocycles. The number of rotatable bonds is 16. The van der Waals surface area contributed by atoms with Crippen molar-refractivity contribution in [2.24, 2.45) is 0 Å². The van der Waals surface area contributed by atoms with E-state index in [-0.39, 0.29) is 28.9 Å². The van der Waals surface area contributed by atoms with Gasteiger partial charge >= 0.3 is 6.01 Å². The van der Waals surface area contributed by atoms with Crippen LogP contribution in [0.5, 0.6) is 23.3 Å². The molecule has 1 aromatic heterocycles. The quantitative estimate of drug-likeness (QED) is 0.0800. The lowest BCUT2D eigenvalue weighted by molar-refractivity contribution is 0.301. The van der Waals surface area contributed by atoms with Crippen molar-refractivity contribution in [3.63, 3.8) is 0 Å². The number of phenolic OH excluding ortho intramolecular Hbond substituents is 2. The second-order valence-electron chi connectivity index (χ2n) is 12.4. The van der Waals surface area contributed by atoms with E-state index >= 15 is 0 Å². The highest BCUT2D eigenvalue weighted by molar-refractivity contribution is 6.20. The summed E-state index contributed by atoms with van der Waals surface area (Å²) in [6.07, 6.45) is 12.4. The van der Waals surface area contributed by atoms with E-state index in [0.717, 1.165) is 50.7 Å². The molecule has 0 fully saturated rings. The molecule has 2 N–H and O–H groups in total. The Morgan fingerprint density at radius 1 is 0.542 bits per heavy atom. The first-order valence-electron chi connectivity index (χ1n) is 17.5. The molecule has 0 aliphatic rings. The monoisotopic (exact) mass is 643 g/mol. The van der Waals surface area contributed by atoms with Crippen LogP contribution in [-0.2, 0) is 0 Å². The summed E-state index contributed by atoms with van der Waals surface area (Å²) in [6, 6.07) is 26.0. The molecule has 248 valence electrons. The van der Waals surface area contributed by atoms with Crippen molar-refractivity contribution < 1.29 is 19.7 Å². The molecule has 0 saturated heterocycles. The molecule has 48 heavy (non-hydrogen) atoms. The van der Waals surface area contributed by atoms with Crippen molar-refractivity contribution >= 4 is 32.3 Å². The minimum Gasteiger partial charge on any atom is -0.507 e. The standard InChI is InChI=1S/C41H45N3O4/c1-3-5-6-7-8-9-10-11-12-17-24-48-29-25-36(45)38(37(46)26-29)40-42-39(43-41(44-40)47-4-2)35-27-34-30-19-14-13-18-28(30)22-23-33(34)31-20-15-16-21-32(31)35/h13-16,18-23,25-27,45-46H,3-12,17,24H2,1-2H3. The number of benzene rings is 5. The van der Waals surface area contributed by atoms with Crippen LogP contribution in [0.2, 0.25) is 0 Å². The van der Waals surface area contributed by atoms with Gasteiger partial charge in [0.05, 0.1) is 13.2 Å². The van der Waals surface area contributed by atoms with Crippen LogP contribution in [0, 0.1) is 0 Å². The third-order valence-corrected chi connectivity index (χ3v) is 8.96. The van der Waals surface area contributed by atoms with Crippen molar-refractivity contribution in [2.75, 3.05) is 13.2 Å². The molecule has 0 aliphatic heterocycles. The van der Waals surface area contributed by atoms with E-state index in [2.05, 4.69) is 54.4 Å². The fourth-order valence-corrected chi connectivity index (χ4v) is 6.51. The lowest BCUT2D eigenvalue weighted by Gasteiger charge is -2.14. The van der Waals surface area contributed by atoms with E-state index in [1.165, 1.54) is 63.5 Å². The van der Waals surface area contributed by atoms with Crippen LogP contribution in [0.1, 0.15) is 78.1 Å². The number of aromatic hydroxyl groups is 2. The number of ether oxygens (including phenoxy) is 2. The van der Waals surface area contributed by atoms with Gasteiger partial charge in [-0.15, -0.1) is 0 Å². The van der Waals surface area contributed by atoms with Crippen LogP contribution in [0.25, 0.3) is 55.1 Å². The third kappa shape index (κ3) is 7.46. The number of fused-ring (bicyclic) bond motifs is 5. The van der Waals surface area contributed by atoms with E-state index in [4.69, 9.17) is 19.4 Å². The Morgan fingerprint density at radius 2 is 1.15 bits per heavy atom. The predicted molar refractivity (Wildman–Crippen MR) is 195 cm³/mol. The molecule has 0 spiro atoms. The van der Waals surface area contributed by atoms with Gasteiger partial charge in [-0.25, -0.2) is 4.98 Å². The number of aromatic nitrogens is 3. The van der Waals surface area contributed by atoms with E-state index in [1.54, 1.807) is 0 Å². The van der Waals surface area contributed by atoms with Gasteiger partial charge in [0.2, 0.25) is 0 Å². The first-order valence-corrected chi connectivity index (χ1v) is 17.5. The Hall–Kier alpha value is -4.91. The van der Waals surface area contributed by atoms with Crippen molar-refractivity contribution in [3.8, 4) is 46.0 Å². The first kappa shape index (κ1) is 33.0. The van der Waals surface area contributed by atoms with Gasteiger partial charge in [0.15, 0.2) is 11.6 Å². The molecule has 0 aliphatic carbocycles. The zero-order valence-corrected chi connectivity index (χ0v) is 28.0. The summed E-state index contributed by atoms with van der Waals surface area (Å²) in [7, 11) is 0. The summed E-state index contributed by atoms with van der Waals surface area (Å²) in [4.78, 5) is 14.0. The predicted octanol–water partition coefficient (Wildman–Crippen LogP) is 10.8. The summed E-state index contributed by atoms with van der Waals surface area (Å²) < 4.78 is 11.7. The maximum atomic E-state index is 11.1. The normalized spacial score (nSPS) is 11.5. The average Bonchev–Trinajstić information content (AvgIpc) is 3.10. The van der Waals surface area contributed by atoms with E-state index in [1.807, 2.05) is 31.2 Å². The van der Waals surface area contributed by atoms with Crippen molar-refractivity contribution in [1.29, 1.82) is 0 Å². The molecule has 0 amide bonds. The number of hydrogen-bond acceptors (Lipinski definition) is 7. The Balaban J connectivity index is 1.26. The fourth-order valence-electron chi connectivity index (χ4n) is 6.51. The highest BCUT2D eigenvalue weighted by Gasteiger charge is 2.21. The second kappa shape index (κ2) is 15.8. The Morgan fingerprint density at radius 3 is 1.85 bits per heavy atom. The van der Waals surface area contributed by atoms with Gasteiger partial charge in [0, 0.05) is 17.7 Å². The van der Waals surface area contributed by atoms with E-state index < -0.39 is 0 Å².